The van der Waals surface area contributed by atoms with Gasteiger partial charge in [0.25, 0.3) is 0 Å². The van der Waals surface area contributed by atoms with E-state index in [1.54, 1.807) is 7.11 Å². The fraction of sp³-hybridized carbons (Fsp3) is 0.682. The number of para-hydroxylation sites is 1. The molecule has 28 heavy (non-hydrogen) atoms. The average molecular weight is 390 g/mol. The number of guanidine groups is 1. The second kappa shape index (κ2) is 11.9. The SMILES string of the molecule is CCCN1CCC(NC(=NCC(c2ccccc2OC)N(C)C)NCC)CC1. The zero-order chi connectivity index (χ0) is 20.4. The number of likely N-dealkylation sites (N-methyl/N-ethyl adjacent to an activating group) is 1. The van der Waals surface area contributed by atoms with Crippen LogP contribution in [0, 0.1) is 0 Å². The molecule has 0 aliphatic carbocycles. The van der Waals surface area contributed by atoms with Gasteiger partial charge in [-0.1, -0.05) is 25.1 Å². The van der Waals surface area contributed by atoms with Crippen molar-refractivity contribution in [2.75, 3.05) is 53.9 Å². The predicted octanol–water partition coefficient (Wildman–Crippen LogP) is 2.73. The highest BCUT2D eigenvalue weighted by Crippen LogP contribution is 2.28. The molecule has 0 saturated carbocycles. The summed E-state index contributed by atoms with van der Waals surface area (Å²) >= 11 is 0. The van der Waals surface area contributed by atoms with Crippen LogP contribution in [0.4, 0.5) is 0 Å². The summed E-state index contributed by atoms with van der Waals surface area (Å²) in [4.78, 5) is 9.68. The molecule has 1 fully saturated rings. The molecule has 0 radical (unpaired) electrons. The van der Waals surface area contributed by atoms with Gasteiger partial charge in [0.2, 0.25) is 0 Å². The van der Waals surface area contributed by atoms with Crippen molar-refractivity contribution in [3.63, 3.8) is 0 Å². The summed E-state index contributed by atoms with van der Waals surface area (Å²) in [6.07, 6.45) is 3.58. The molecule has 1 atom stereocenters. The highest BCUT2D eigenvalue weighted by molar-refractivity contribution is 5.80. The monoisotopic (exact) mass is 389 g/mol. The lowest BCUT2D eigenvalue weighted by molar-refractivity contribution is 0.206. The summed E-state index contributed by atoms with van der Waals surface area (Å²) in [5.74, 6) is 1.83. The molecule has 1 unspecified atom stereocenters. The quantitative estimate of drug-likeness (QED) is 0.502. The Morgan fingerprint density at radius 2 is 1.96 bits per heavy atom. The van der Waals surface area contributed by atoms with Crippen molar-refractivity contribution in [2.24, 2.45) is 4.99 Å². The van der Waals surface area contributed by atoms with E-state index in [0.29, 0.717) is 12.6 Å². The van der Waals surface area contributed by atoms with E-state index in [4.69, 9.17) is 9.73 Å². The van der Waals surface area contributed by atoms with Crippen LogP contribution in [-0.4, -0.2) is 75.7 Å². The first-order valence-corrected chi connectivity index (χ1v) is 10.7. The Hall–Kier alpha value is -1.79. The van der Waals surface area contributed by atoms with Gasteiger partial charge in [-0.15, -0.1) is 0 Å². The molecule has 0 aromatic heterocycles. The molecular formula is C22H39N5O. The number of likely N-dealkylation sites (tertiary alicyclic amines) is 1. The number of aliphatic imine (C=N–C) groups is 1. The molecule has 0 amide bonds. The molecule has 158 valence electrons. The lowest BCUT2D eigenvalue weighted by Gasteiger charge is -2.33. The third kappa shape index (κ3) is 6.67. The van der Waals surface area contributed by atoms with Gasteiger partial charge in [-0.2, -0.15) is 0 Å². The van der Waals surface area contributed by atoms with Crippen LogP contribution in [-0.2, 0) is 0 Å². The molecule has 1 aromatic rings. The molecule has 2 rings (SSSR count). The van der Waals surface area contributed by atoms with Crippen molar-refractivity contribution in [3.8, 4) is 5.75 Å². The van der Waals surface area contributed by atoms with Crippen molar-refractivity contribution in [1.82, 2.24) is 20.4 Å². The van der Waals surface area contributed by atoms with Crippen LogP contribution in [0.1, 0.15) is 44.7 Å². The normalized spacial score (nSPS) is 17.6. The number of nitrogens with one attached hydrogen (secondary N) is 2. The first kappa shape index (κ1) is 22.5. The minimum Gasteiger partial charge on any atom is -0.496 e. The molecule has 1 aromatic carbocycles. The van der Waals surface area contributed by atoms with Crippen molar-refractivity contribution < 1.29 is 4.74 Å². The van der Waals surface area contributed by atoms with E-state index >= 15 is 0 Å². The van der Waals surface area contributed by atoms with E-state index in [1.165, 1.54) is 44.5 Å². The number of piperidine rings is 1. The standard InChI is InChI=1S/C22H39N5O/c1-6-14-27-15-12-18(13-16-27)25-22(23-7-2)24-17-20(26(3)4)19-10-8-9-11-21(19)28-5/h8-11,18,20H,6-7,12-17H2,1-5H3,(H2,23,24,25). The third-order valence-corrected chi connectivity index (χ3v) is 5.36. The zero-order valence-electron chi connectivity index (χ0n) is 18.4. The van der Waals surface area contributed by atoms with Gasteiger partial charge in [0, 0.05) is 31.2 Å². The predicted molar refractivity (Wildman–Crippen MR) is 118 cm³/mol. The summed E-state index contributed by atoms with van der Waals surface area (Å²) in [5, 5.41) is 7.07. The van der Waals surface area contributed by atoms with E-state index in [2.05, 4.69) is 60.5 Å². The fourth-order valence-electron chi connectivity index (χ4n) is 3.79. The van der Waals surface area contributed by atoms with Gasteiger partial charge in [0.1, 0.15) is 5.75 Å². The van der Waals surface area contributed by atoms with Crippen LogP contribution < -0.4 is 15.4 Å². The molecule has 6 nitrogen and oxygen atoms in total. The lowest BCUT2D eigenvalue weighted by Crippen LogP contribution is -2.49. The van der Waals surface area contributed by atoms with E-state index in [1.807, 2.05) is 12.1 Å². The summed E-state index contributed by atoms with van der Waals surface area (Å²) in [5.41, 5.74) is 1.17. The van der Waals surface area contributed by atoms with Crippen LogP contribution in [0.5, 0.6) is 5.75 Å². The summed E-state index contributed by atoms with van der Waals surface area (Å²) < 4.78 is 5.57. The Bertz CT molecular complexity index is 596. The molecule has 1 heterocycles. The van der Waals surface area contributed by atoms with Crippen LogP contribution in [0.15, 0.2) is 29.3 Å². The molecule has 0 spiro atoms. The molecule has 1 aliphatic rings. The van der Waals surface area contributed by atoms with Gasteiger partial charge in [0.15, 0.2) is 5.96 Å². The topological polar surface area (TPSA) is 52.1 Å². The number of benzene rings is 1. The minimum atomic E-state index is 0.165. The lowest BCUT2D eigenvalue weighted by atomic mass is 10.0. The van der Waals surface area contributed by atoms with Crippen LogP contribution >= 0.6 is 0 Å². The van der Waals surface area contributed by atoms with E-state index in [9.17, 15) is 0 Å². The third-order valence-electron chi connectivity index (χ3n) is 5.36. The van der Waals surface area contributed by atoms with Gasteiger partial charge in [0.05, 0.1) is 19.7 Å². The maximum atomic E-state index is 5.57. The highest BCUT2D eigenvalue weighted by atomic mass is 16.5. The summed E-state index contributed by atoms with van der Waals surface area (Å²) in [7, 11) is 5.91. The number of rotatable bonds is 9. The minimum absolute atomic E-state index is 0.165. The van der Waals surface area contributed by atoms with Crippen LogP contribution in [0.25, 0.3) is 0 Å². The second-order valence-corrected chi connectivity index (χ2v) is 7.70. The fourth-order valence-corrected chi connectivity index (χ4v) is 3.79. The maximum absolute atomic E-state index is 5.57. The van der Waals surface area contributed by atoms with Crippen LogP contribution in [0.2, 0.25) is 0 Å². The zero-order valence-corrected chi connectivity index (χ0v) is 18.4. The van der Waals surface area contributed by atoms with Gasteiger partial charge < -0.3 is 25.2 Å². The summed E-state index contributed by atoms with van der Waals surface area (Å²) in [6, 6.07) is 8.87. The van der Waals surface area contributed by atoms with Gasteiger partial charge in [-0.3, -0.25) is 4.99 Å². The molecule has 1 saturated heterocycles. The van der Waals surface area contributed by atoms with Crippen molar-refractivity contribution in [3.05, 3.63) is 29.8 Å². The number of hydrogen-bond donors (Lipinski definition) is 2. The Morgan fingerprint density at radius 1 is 1.25 bits per heavy atom. The number of methoxy groups -OCH3 is 1. The molecule has 1 aliphatic heterocycles. The number of ether oxygens (including phenoxy) is 1. The average Bonchev–Trinajstić information content (AvgIpc) is 2.70. The first-order chi connectivity index (χ1) is 13.6. The van der Waals surface area contributed by atoms with Gasteiger partial charge in [-0.25, -0.2) is 0 Å². The first-order valence-electron chi connectivity index (χ1n) is 10.7. The van der Waals surface area contributed by atoms with Gasteiger partial charge >= 0.3 is 0 Å². The number of nitrogens with zero attached hydrogens (tertiary/aromatic N) is 3. The smallest absolute Gasteiger partial charge is 0.191 e. The maximum Gasteiger partial charge on any atom is 0.191 e. The molecule has 6 heteroatoms. The van der Waals surface area contributed by atoms with Crippen molar-refractivity contribution in [1.29, 1.82) is 0 Å². The van der Waals surface area contributed by atoms with Crippen LogP contribution in [0.3, 0.4) is 0 Å². The Morgan fingerprint density at radius 3 is 2.57 bits per heavy atom. The van der Waals surface area contributed by atoms with Gasteiger partial charge in [-0.05, 0) is 52.9 Å². The Labute approximate surface area is 171 Å². The van der Waals surface area contributed by atoms with Crippen molar-refractivity contribution in [2.45, 2.75) is 45.2 Å². The van der Waals surface area contributed by atoms with E-state index in [0.717, 1.165) is 18.3 Å². The Balaban J connectivity index is 2.03. The molecule has 0 bridgehead atoms. The second-order valence-electron chi connectivity index (χ2n) is 7.70. The van der Waals surface area contributed by atoms with E-state index in [-0.39, 0.29) is 6.04 Å². The largest absolute Gasteiger partial charge is 0.496 e. The summed E-state index contributed by atoms with van der Waals surface area (Å²) in [6.45, 7) is 9.47. The highest BCUT2D eigenvalue weighted by Gasteiger charge is 2.21. The Kier molecular flexibility index (Phi) is 9.58. The molecular weight excluding hydrogens is 350 g/mol. The number of hydrogen-bond acceptors (Lipinski definition) is 4. The van der Waals surface area contributed by atoms with Crippen molar-refractivity contribution >= 4 is 5.96 Å². The molecule has 2 N–H and O–H groups in total. The van der Waals surface area contributed by atoms with E-state index < -0.39 is 0 Å².